The van der Waals surface area contributed by atoms with E-state index < -0.39 is 20.2 Å². The first-order chi connectivity index (χ1) is 9.61. The van der Waals surface area contributed by atoms with Gasteiger partial charge in [0.1, 0.15) is 0 Å². The third kappa shape index (κ3) is 4.10. The highest BCUT2D eigenvalue weighted by molar-refractivity contribution is 7.92. The topological polar surface area (TPSA) is 63.4 Å². The highest BCUT2D eigenvalue weighted by atomic mass is 32.2. The lowest BCUT2D eigenvalue weighted by Gasteiger charge is -2.29. The first kappa shape index (κ1) is 17.8. The second-order valence-corrected chi connectivity index (χ2v) is 6.81. The summed E-state index contributed by atoms with van der Waals surface area (Å²) in [6, 6.07) is 4.86. The molecule has 0 amide bonds. The molecule has 0 aliphatic carbocycles. The van der Waals surface area contributed by atoms with Gasteiger partial charge in [-0.15, -0.1) is 0 Å². The van der Waals surface area contributed by atoms with Gasteiger partial charge >= 0.3 is 5.51 Å². The van der Waals surface area contributed by atoms with Crippen LogP contribution in [0.5, 0.6) is 0 Å². The Hall–Kier alpha value is -1.28. The van der Waals surface area contributed by atoms with Crippen LogP contribution in [0.15, 0.2) is 29.2 Å². The normalized spacial score (nSPS) is 12.7. The molecule has 21 heavy (non-hydrogen) atoms. The molecule has 0 bridgehead atoms. The summed E-state index contributed by atoms with van der Waals surface area (Å²) in [4.78, 5) is 1.21. The number of hydrogen-bond donors (Lipinski definition) is 1. The van der Waals surface area contributed by atoms with E-state index in [2.05, 4.69) is 0 Å². The maximum absolute atomic E-state index is 12.5. The molecule has 120 valence electrons. The maximum Gasteiger partial charge on any atom is 0.501 e. The van der Waals surface area contributed by atoms with E-state index in [0.29, 0.717) is 18.8 Å². The van der Waals surface area contributed by atoms with E-state index in [9.17, 15) is 21.6 Å². The Labute approximate surface area is 122 Å². The molecule has 0 heterocycles. The summed E-state index contributed by atoms with van der Waals surface area (Å²) in [7, 11) is -5.29. The molecule has 0 aliphatic heterocycles. The summed E-state index contributed by atoms with van der Waals surface area (Å²) in [5.41, 5.74) is 0.833. The minimum atomic E-state index is -5.29. The van der Waals surface area contributed by atoms with Crippen molar-refractivity contribution in [2.75, 3.05) is 18.0 Å². The molecule has 2 N–H and O–H groups in total. The summed E-state index contributed by atoms with van der Waals surface area (Å²) in [6.45, 7) is 5.04. The van der Waals surface area contributed by atoms with Crippen LogP contribution in [0.25, 0.3) is 0 Å². The van der Waals surface area contributed by atoms with Crippen molar-refractivity contribution in [1.29, 1.82) is 0 Å². The number of nitrogens with two attached hydrogens (primary N) is 1. The van der Waals surface area contributed by atoms with E-state index in [1.165, 1.54) is 12.1 Å². The lowest BCUT2D eigenvalue weighted by atomic mass is 10.2. The van der Waals surface area contributed by atoms with Gasteiger partial charge in [-0.1, -0.05) is 0 Å². The van der Waals surface area contributed by atoms with Gasteiger partial charge in [0.05, 0.1) is 4.90 Å². The van der Waals surface area contributed by atoms with Crippen LogP contribution in [0.2, 0.25) is 0 Å². The number of benzene rings is 1. The largest absolute Gasteiger partial charge is 0.501 e. The molecule has 0 radical (unpaired) electrons. The minimum absolute atomic E-state index is 0.127. The highest BCUT2D eigenvalue weighted by Crippen LogP contribution is 2.31. The molecule has 0 saturated heterocycles. The van der Waals surface area contributed by atoms with Crippen molar-refractivity contribution in [3.05, 3.63) is 24.3 Å². The summed E-state index contributed by atoms with van der Waals surface area (Å²) in [5.74, 6) is 0. The predicted octanol–water partition coefficient (Wildman–Crippen LogP) is 2.54. The van der Waals surface area contributed by atoms with Crippen molar-refractivity contribution in [2.24, 2.45) is 5.73 Å². The van der Waals surface area contributed by atoms with Crippen molar-refractivity contribution in [3.63, 3.8) is 0 Å². The summed E-state index contributed by atoms with van der Waals surface area (Å²) in [5, 5.41) is 0. The van der Waals surface area contributed by atoms with E-state index in [4.69, 9.17) is 5.73 Å². The van der Waals surface area contributed by atoms with E-state index in [1.54, 1.807) is 0 Å². The first-order valence-electron chi connectivity index (χ1n) is 6.49. The summed E-state index contributed by atoms with van der Waals surface area (Å²) < 4.78 is 60.0. The van der Waals surface area contributed by atoms with Crippen LogP contribution in [0.3, 0.4) is 0 Å². The number of alkyl halides is 3. The van der Waals surface area contributed by atoms with Gasteiger partial charge < -0.3 is 10.6 Å². The number of nitrogens with zero attached hydrogens (tertiary/aromatic N) is 1. The molecular weight excluding hydrogens is 305 g/mol. The third-order valence-electron chi connectivity index (χ3n) is 3.01. The van der Waals surface area contributed by atoms with Gasteiger partial charge in [-0.2, -0.15) is 13.2 Å². The molecule has 0 unspecified atom stereocenters. The molecule has 4 nitrogen and oxygen atoms in total. The number of hydrogen-bond acceptors (Lipinski definition) is 4. The lowest BCUT2D eigenvalue weighted by Crippen LogP contribution is -2.32. The number of rotatable bonds is 6. The van der Waals surface area contributed by atoms with Crippen LogP contribution in [0.1, 0.15) is 20.3 Å². The summed E-state index contributed by atoms with van der Waals surface area (Å²) >= 11 is 0. The van der Waals surface area contributed by atoms with Crippen LogP contribution in [-0.2, 0) is 9.84 Å². The zero-order valence-corrected chi connectivity index (χ0v) is 12.7. The van der Waals surface area contributed by atoms with E-state index in [1.807, 2.05) is 18.7 Å². The standard InChI is InChI=1S/C13H19F3N2O2S/c1-10(2)18(9-3-8-17)11-4-6-12(7-5-11)21(19,20)13(14,15)16/h4-7,10H,3,8-9,17H2,1-2H3. The van der Waals surface area contributed by atoms with Gasteiger partial charge in [-0.3, -0.25) is 0 Å². The van der Waals surface area contributed by atoms with Crippen LogP contribution >= 0.6 is 0 Å². The van der Waals surface area contributed by atoms with E-state index >= 15 is 0 Å². The zero-order valence-electron chi connectivity index (χ0n) is 11.9. The zero-order chi connectivity index (χ0) is 16.3. The highest BCUT2D eigenvalue weighted by Gasteiger charge is 2.46. The predicted molar refractivity (Wildman–Crippen MR) is 75.8 cm³/mol. The second kappa shape index (κ2) is 6.65. The van der Waals surface area contributed by atoms with E-state index in [-0.39, 0.29) is 6.04 Å². The van der Waals surface area contributed by atoms with Gasteiger partial charge in [0, 0.05) is 18.3 Å². The van der Waals surface area contributed by atoms with Crippen molar-refractivity contribution in [1.82, 2.24) is 0 Å². The van der Waals surface area contributed by atoms with Gasteiger partial charge in [0.25, 0.3) is 9.84 Å². The average molecular weight is 324 g/mol. The quantitative estimate of drug-likeness (QED) is 0.873. The Kier molecular flexibility index (Phi) is 5.63. The van der Waals surface area contributed by atoms with Crippen molar-refractivity contribution in [3.8, 4) is 0 Å². The van der Waals surface area contributed by atoms with Gasteiger partial charge in [0.2, 0.25) is 0 Å². The van der Waals surface area contributed by atoms with Gasteiger partial charge in [0.15, 0.2) is 0 Å². The second-order valence-electron chi connectivity index (χ2n) is 4.87. The Morgan fingerprint density at radius 3 is 2.10 bits per heavy atom. The Morgan fingerprint density at radius 1 is 1.19 bits per heavy atom. The molecule has 0 aromatic heterocycles. The number of halogens is 3. The Balaban J connectivity index is 3.06. The molecule has 1 aromatic rings. The first-order valence-corrected chi connectivity index (χ1v) is 7.97. The van der Waals surface area contributed by atoms with Crippen molar-refractivity contribution in [2.45, 2.75) is 36.7 Å². The Morgan fingerprint density at radius 2 is 1.71 bits per heavy atom. The van der Waals surface area contributed by atoms with E-state index in [0.717, 1.165) is 18.6 Å². The van der Waals surface area contributed by atoms with Crippen LogP contribution in [0, 0.1) is 0 Å². The molecule has 1 rings (SSSR count). The average Bonchev–Trinajstić information content (AvgIpc) is 2.38. The molecule has 0 spiro atoms. The number of anilines is 1. The minimum Gasteiger partial charge on any atom is -0.369 e. The van der Waals surface area contributed by atoms with Crippen molar-refractivity contribution >= 4 is 15.5 Å². The maximum atomic E-state index is 12.5. The van der Waals surface area contributed by atoms with Crippen LogP contribution in [-0.4, -0.2) is 33.1 Å². The lowest BCUT2D eigenvalue weighted by molar-refractivity contribution is -0.0436. The molecule has 0 aliphatic rings. The van der Waals surface area contributed by atoms with Gasteiger partial charge in [-0.05, 0) is 51.1 Å². The van der Waals surface area contributed by atoms with Crippen LogP contribution in [0.4, 0.5) is 18.9 Å². The van der Waals surface area contributed by atoms with Gasteiger partial charge in [-0.25, -0.2) is 8.42 Å². The number of sulfone groups is 1. The molecular formula is C13H19F3N2O2S. The molecule has 0 atom stereocenters. The molecule has 8 heteroatoms. The molecule has 1 aromatic carbocycles. The molecule has 0 fully saturated rings. The fraction of sp³-hybridized carbons (Fsp3) is 0.538. The fourth-order valence-corrected chi connectivity index (χ4v) is 2.66. The van der Waals surface area contributed by atoms with Crippen LogP contribution < -0.4 is 10.6 Å². The molecule has 0 saturated carbocycles. The fourth-order valence-electron chi connectivity index (χ4n) is 1.90. The smallest absolute Gasteiger partial charge is 0.369 e. The Bertz CT molecular complexity index is 554. The third-order valence-corrected chi connectivity index (χ3v) is 4.51. The monoisotopic (exact) mass is 324 g/mol. The SMILES string of the molecule is CC(C)N(CCCN)c1ccc(S(=O)(=O)C(F)(F)F)cc1. The summed E-state index contributed by atoms with van der Waals surface area (Å²) in [6.07, 6.45) is 0.737. The van der Waals surface area contributed by atoms with Crippen molar-refractivity contribution < 1.29 is 21.6 Å².